The van der Waals surface area contributed by atoms with Crippen LogP contribution in [-0.4, -0.2) is 34.6 Å². The van der Waals surface area contributed by atoms with Crippen LogP contribution in [0.5, 0.6) is 0 Å². The lowest BCUT2D eigenvalue weighted by Crippen LogP contribution is -2.27. The maximum Gasteiger partial charge on any atom is 0.311 e. The predicted octanol–water partition coefficient (Wildman–Crippen LogP) is 4.54. The summed E-state index contributed by atoms with van der Waals surface area (Å²) in [5, 5.41) is 0. The highest BCUT2D eigenvalue weighted by Crippen LogP contribution is 2.30. The molecule has 0 saturated carbocycles. The highest BCUT2D eigenvalue weighted by atomic mass is 16.5. The minimum Gasteiger partial charge on any atom is -0.465 e. The summed E-state index contributed by atoms with van der Waals surface area (Å²) < 4.78 is 27.2. The molecule has 3 aromatic heterocycles. The van der Waals surface area contributed by atoms with E-state index in [0.717, 1.165) is 0 Å². The Labute approximate surface area is 174 Å². The van der Waals surface area contributed by atoms with E-state index < -0.39 is 11.5 Å². The van der Waals surface area contributed by atoms with Crippen molar-refractivity contribution in [3.05, 3.63) is 37.0 Å². The van der Waals surface area contributed by atoms with Gasteiger partial charge >= 0.3 is 5.97 Å². The summed E-state index contributed by atoms with van der Waals surface area (Å²) in [7, 11) is 1.57. The number of carbonyl (C=O) groups excluding carboxylic acids is 1. The first-order valence-electron chi connectivity index (χ1n) is 9.42. The van der Waals surface area contributed by atoms with Gasteiger partial charge in [0.1, 0.15) is 30.6 Å². The molecule has 3 aromatic rings. The van der Waals surface area contributed by atoms with Gasteiger partial charge in [-0.3, -0.25) is 4.79 Å². The molecule has 0 amide bonds. The Balaban J connectivity index is 1.71. The van der Waals surface area contributed by atoms with Gasteiger partial charge in [0, 0.05) is 13.0 Å². The zero-order chi connectivity index (χ0) is 21.9. The molecule has 9 heteroatoms. The third kappa shape index (κ3) is 4.68. The highest BCUT2D eigenvalue weighted by molar-refractivity contribution is 5.75. The lowest BCUT2D eigenvalue weighted by Gasteiger charge is -2.23. The molecule has 0 unspecified atom stereocenters. The van der Waals surface area contributed by atoms with Gasteiger partial charge in [0.05, 0.1) is 12.0 Å². The zero-order valence-electron chi connectivity index (χ0n) is 17.7. The van der Waals surface area contributed by atoms with Crippen molar-refractivity contribution < 1.29 is 27.5 Å². The minimum atomic E-state index is -0.565. The second-order valence-electron chi connectivity index (χ2n) is 7.87. The number of methoxy groups -OCH3 is 1. The number of nitrogens with zero attached hydrogens (tertiary/aromatic N) is 3. The highest BCUT2D eigenvalue weighted by Gasteiger charge is 2.28. The number of hydrogen-bond donors (Lipinski definition) is 0. The lowest BCUT2D eigenvalue weighted by molar-refractivity contribution is -0.155. The van der Waals surface area contributed by atoms with E-state index in [1.807, 2.05) is 6.92 Å². The summed E-state index contributed by atoms with van der Waals surface area (Å²) in [4.78, 5) is 25.0. The molecular formula is C21H25N3O6. The Kier molecular flexibility index (Phi) is 6.21. The molecule has 160 valence electrons. The first-order chi connectivity index (χ1) is 14.2. The van der Waals surface area contributed by atoms with E-state index in [4.69, 9.17) is 22.7 Å². The van der Waals surface area contributed by atoms with Gasteiger partial charge < -0.3 is 22.7 Å². The number of rotatable bonds is 8. The molecule has 2 atom stereocenters. The van der Waals surface area contributed by atoms with Crippen molar-refractivity contribution in [2.45, 2.75) is 33.8 Å². The quantitative estimate of drug-likeness (QED) is 0.489. The van der Waals surface area contributed by atoms with Crippen LogP contribution in [0.15, 0.2) is 38.6 Å². The average Bonchev–Trinajstić information content (AvgIpc) is 3.45. The van der Waals surface area contributed by atoms with Crippen LogP contribution in [0.2, 0.25) is 0 Å². The van der Waals surface area contributed by atoms with E-state index in [-0.39, 0.29) is 30.3 Å². The smallest absolute Gasteiger partial charge is 0.311 e. The fraction of sp³-hybridized carbons (Fsp3) is 0.429. The van der Waals surface area contributed by atoms with Crippen LogP contribution < -0.4 is 0 Å². The van der Waals surface area contributed by atoms with E-state index >= 15 is 0 Å². The Morgan fingerprint density at radius 3 is 2.37 bits per heavy atom. The number of aromatic nitrogens is 3. The standard InChI is InChI=1S/C21H25N3O6/c1-7-16-22-14(10-27-16)18-24-15(11-29-18)19-23-13(9-28-19)17(26-6)12(2)8-30-20(25)21(3,4)5/h7,9-12,17H,1,8H2,2-6H3/t12-,17-/m0/s1. The monoisotopic (exact) mass is 415 g/mol. The molecule has 9 nitrogen and oxygen atoms in total. The summed E-state index contributed by atoms with van der Waals surface area (Å²) in [6.45, 7) is 11.1. The van der Waals surface area contributed by atoms with Gasteiger partial charge in [-0.15, -0.1) is 0 Å². The van der Waals surface area contributed by atoms with Crippen molar-refractivity contribution in [3.8, 4) is 23.2 Å². The molecule has 30 heavy (non-hydrogen) atoms. The van der Waals surface area contributed by atoms with Gasteiger partial charge in [0.15, 0.2) is 11.4 Å². The predicted molar refractivity (Wildman–Crippen MR) is 107 cm³/mol. The van der Waals surface area contributed by atoms with Gasteiger partial charge in [0.25, 0.3) is 0 Å². The maximum absolute atomic E-state index is 12.0. The molecule has 0 aliphatic carbocycles. The summed E-state index contributed by atoms with van der Waals surface area (Å²) in [6.07, 6.45) is 5.40. The number of hydrogen-bond acceptors (Lipinski definition) is 9. The van der Waals surface area contributed by atoms with E-state index in [1.54, 1.807) is 27.9 Å². The minimum absolute atomic E-state index is 0.139. The number of carbonyl (C=O) groups is 1. The topological polar surface area (TPSA) is 114 Å². The molecule has 0 fully saturated rings. The van der Waals surface area contributed by atoms with Crippen LogP contribution in [0.3, 0.4) is 0 Å². The van der Waals surface area contributed by atoms with Crippen LogP contribution >= 0.6 is 0 Å². The fourth-order valence-corrected chi connectivity index (χ4v) is 2.66. The SMILES string of the molecule is C=Cc1nc(-c2nc(-c3nc([C@@H](OC)[C@@H](C)COC(=O)C(C)(C)C)co3)co2)co1. The van der Waals surface area contributed by atoms with Gasteiger partial charge in [-0.1, -0.05) is 13.5 Å². The fourth-order valence-electron chi connectivity index (χ4n) is 2.66. The summed E-state index contributed by atoms with van der Waals surface area (Å²) >= 11 is 0. The molecule has 0 aliphatic rings. The molecule has 0 radical (unpaired) electrons. The molecule has 0 bridgehead atoms. The van der Waals surface area contributed by atoms with E-state index in [2.05, 4.69) is 21.5 Å². The van der Waals surface area contributed by atoms with Gasteiger partial charge in [-0.2, -0.15) is 0 Å². The second kappa shape index (κ2) is 8.66. The van der Waals surface area contributed by atoms with Crippen molar-refractivity contribution in [1.29, 1.82) is 0 Å². The van der Waals surface area contributed by atoms with Gasteiger partial charge in [0.2, 0.25) is 17.7 Å². The van der Waals surface area contributed by atoms with Crippen molar-refractivity contribution in [1.82, 2.24) is 15.0 Å². The number of esters is 1. The normalized spacial score (nSPS) is 13.8. The Morgan fingerprint density at radius 2 is 1.73 bits per heavy atom. The first kappa shape index (κ1) is 21.5. The van der Waals surface area contributed by atoms with Crippen LogP contribution in [0.4, 0.5) is 0 Å². The molecule has 0 N–H and O–H groups in total. The Hall–Kier alpha value is -3.20. The molecule has 0 aliphatic heterocycles. The summed E-state index contributed by atoms with van der Waals surface area (Å²) in [5.74, 6) is 0.500. The summed E-state index contributed by atoms with van der Waals surface area (Å²) in [5.41, 5.74) is 0.837. The van der Waals surface area contributed by atoms with E-state index in [9.17, 15) is 4.79 Å². The molecule has 3 heterocycles. The Morgan fingerprint density at radius 1 is 1.10 bits per heavy atom. The summed E-state index contributed by atoms with van der Waals surface area (Å²) in [6, 6.07) is 0. The van der Waals surface area contributed by atoms with Crippen molar-refractivity contribution in [2.24, 2.45) is 11.3 Å². The first-order valence-corrected chi connectivity index (χ1v) is 9.42. The van der Waals surface area contributed by atoms with Gasteiger partial charge in [-0.05, 0) is 26.8 Å². The second-order valence-corrected chi connectivity index (χ2v) is 7.87. The lowest BCUT2D eigenvalue weighted by atomic mass is 9.97. The third-order valence-corrected chi connectivity index (χ3v) is 4.31. The number of oxazole rings is 3. The van der Waals surface area contributed by atoms with Crippen LogP contribution in [0.25, 0.3) is 29.2 Å². The van der Waals surface area contributed by atoms with Gasteiger partial charge in [-0.25, -0.2) is 15.0 Å². The third-order valence-electron chi connectivity index (χ3n) is 4.31. The molecule has 0 spiro atoms. The molecule has 0 aromatic carbocycles. The molecule has 0 saturated heterocycles. The maximum atomic E-state index is 12.0. The van der Waals surface area contributed by atoms with Crippen molar-refractivity contribution >= 4 is 12.0 Å². The number of ether oxygens (including phenoxy) is 2. The van der Waals surface area contributed by atoms with Crippen molar-refractivity contribution in [2.75, 3.05) is 13.7 Å². The van der Waals surface area contributed by atoms with E-state index in [1.165, 1.54) is 24.9 Å². The average molecular weight is 415 g/mol. The molecular weight excluding hydrogens is 390 g/mol. The largest absolute Gasteiger partial charge is 0.465 e. The van der Waals surface area contributed by atoms with Crippen molar-refractivity contribution in [3.63, 3.8) is 0 Å². The molecule has 3 rings (SSSR count). The zero-order valence-corrected chi connectivity index (χ0v) is 17.7. The van der Waals surface area contributed by atoms with E-state index in [0.29, 0.717) is 23.0 Å². The van der Waals surface area contributed by atoms with Crippen LogP contribution in [-0.2, 0) is 14.3 Å². The van der Waals surface area contributed by atoms with Crippen LogP contribution in [0, 0.1) is 11.3 Å². The van der Waals surface area contributed by atoms with Crippen LogP contribution in [0.1, 0.15) is 45.4 Å². The Bertz CT molecular complexity index is 1010.